The Morgan fingerprint density at radius 3 is 2.21 bits per heavy atom. The number of ether oxygens (including phenoxy) is 2. The Morgan fingerprint density at radius 1 is 0.923 bits per heavy atom. The molecule has 0 aromatic heterocycles. The van der Waals surface area contributed by atoms with Gasteiger partial charge in [-0.1, -0.05) is 29.8 Å². The van der Waals surface area contributed by atoms with Gasteiger partial charge in [0.05, 0.1) is 40.8 Å². The Hall–Kier alpha value is -3.45. The smallest absolute Gasteiger partial charge is 0.264 e. The largest absolute Gasteiger partial charge is 0.492 e. The lowest BCUT2D eigenvalue weighted by atomic mass is 10.1. The van der Waals surface area contributed by atoms with E-state index in [4.69, 9.17) is 9.47 Å². The van der Waals surface area contributed by atoms with Crippen molar-refractivity contribution in [2.24, 2.45) is 0 Å². The highest BCUT2D eigenvalue weighted by Gasteiger charge is 2.27. The van der Waals surface area contributed by atoms with E-state index in [1.807, 2.05) is 6.92 Å². The third kappa shape index (κ3) is 6.59. The summed E-state index contributed by atoms with van der Waals surface area (Å²) >= 11 is 0. The maximum absolute atomic E-state index is 13.1. The molecule has 4 rings (SSSR count). The van der Waals surface area contributed by atoms with Gasteiger partial charge < -0.3 is 14.8 Å². The molecule has 1 saturated heterocycles. The number of morpholine rings is 1. The SMILES string of the molecule is Cc1ccc(S(=O)(=O)N(C)c2ccccc2C(=O)NCCOc2ccc(S(=O)(=O)N3CCOCC3)cc2)cc1. The second-order valence-electron chi connectivity index (χ2n) is 8.89. The number of aryl methyl sites for hydroxylation is 1. The van der Waals surface area contributed by atoms with E-state index in [9.17, 15) is 21.6 Å². The molecular weight excluding hydrogens is 542 g/mol. The molecule has 39 heavy (non-hydrogen) atoms. The molecule has 208 valence electrons. The van der Waals surface area contributed by atoms with Crippen LogP contribution < -0.4 is 14.4 Å². The summed E-state index contributed by atoms with van der Waals surface area (Å²) in [6.07, 6.45) is 0. The highest BCUT2D eigenvalue weighted by atomic mass is 32.2. The zero-order chi connectivity index (χ0) is 28.0. The monoisotopic (exact) mass is 573 g/mol. The van der Waals surface area contributed by atoms with Gasteiger partial charge in [0.2, 0.25) is 10.0 Å². The van der Waals surface area contributed by atoms with E-state index in [-0.39, 0.29) is 34.2 Å². The summed E-state index contributed by atoms with van der Waals surface area (Å²) < 4.78 is 65.1. The van der Waals surface area contributed by atoms with Gasteiger partial charge in [-0.25, -0.2) is 16.8 Å². The Morgan fingerprint density at radius 2 is 1.54 bits per heavy atom. The van der Waals surface area contributed by atoms with E-state index in [1.165, 1.54) is 35.6 Å². The molecule has 0 bridgehead atoms. The number of rotatable bonds is 10. The molecule has 0 unspecified atom stereocenters. The number of hydrogen-bond acceptors (Lipinski definition) is 7. The number of benzene rings is 3. The van der Waals surface area contributed by atoms with Crippen LogP contribution in [-0.4, -0.2) is 73.6 Å². The van der Waals surface area contributed by atoms with Crippen LogP contribution in [0.15, 0.2) is 82.6 Å². The number of sulfonamides is 2. The van der Waals surface area contributed by atoms with Crippen LogP contribution in [0.3, 0.4) is 0 Å². The molecule has 0 saturated carbocycles. The van der Waals surface area contributed by atoms with Crippen LogP contribution in [0.5, 0.6) is 5.75 Å². The molecule has 3 aromatic rings. The molecular formula is C27H31N3O7S2. The van der Waals surface area contributed by atoms with Gasteiger partial charge in [0.15, 0.2) is 0 Å². The summed E-state index contributed by atoms with van der Waals surface area (Å²) in [6.45, 7) is 3.52. The molecule has 0 spiro atoms. The third-order valence-electron chi connectivity index (χ3n) is 6.26. The van der Waals surface area contributed by atoms with Crippen LogP contribution >= 0.6 is 0 Å². The lowest BCUT2D eigenvalue weighted by Crippen LogP contribution is -2.40. The maximum atomic E-state index is 13.1. The predicted molar refractivity (Wildman–Crippen MR) is 147 cm³/mol. The van der Waals surface area contributed by atoms with Crippen molar-refractivity contribution < 1.29 is 31.1 Å². The molecule has 0 aliphatic carbocycles. The second kappa shape index (κ2) is 12.2. The van der Waals surface area contributed by atoms with Crippen molar-refractivity contribution in [3.63, 3.8) is 0 Å². The fraction of sp³-hybridized carbons (Fsp3) is 0.296. The number of hydrogen-bond donors (Lipinski definition) is 1. The van der Waals surface area contributed by atoms with E-state index < -0.39 is 26.0 Å². The van der Waals surface area contributed by atoms with E-state index >= 15 is 0 Å². The molecule has 1 heterocycles. The van der Waals surface area contributed by atoms with Crippen LogP contribution in [0.1, 0.15) is 15.9 Å². The summed E-state index contributed by atoms with van der Waals surface area (Å²) in [5, 5.41) is 2.74. The molecule has 3 aromatic carbocycles. The van der Waals surface area contributed by atoms with Crippen molar-refractivity contribution >= 4 is 31.6 Å². The first kappa shape index (κ1) is 28.6. The van der Waals surface area contributed by atoms with Gasteiger partial charge >= 0.3 is 0 Å². The van der Waals surface area contributed by atoms with Crippen molar-refractivity contribution in [1.29, 1.82) is 0 Å². The molecule has 10 nitrogen and oxygen atoms in total. The maximum Gasteiger partial charge on any atom is 0.264 e. The highest BCUT2D eigenvalue weighted by molar-refractivity contribution is 7.92. The van der Waals surface area contributed by atoms with Crippen molar-refractivity contribution in [2.45, 2.75) is 16.7 Å². The minimum atomic E-state index is -3.87. The van der Waals surface area contributed by atoms with Crippen LogP contribution in [-0.2, 0) is 24.8 Å². The molecule has 1 amide bonds. The molecule has 1 fully saturated rings. The molecule has 12 heteroatoms. The summed E-state index contributed by atoms with van der Waals surface area (Å²) in [4.78, 5) is 13.2. The molecule has 1 aliphatic heterocycles. The zero-order valence-corrected chi connectivity index (χ0v) is 23.4. The number of nitrogens with zero attached hydrogens (tertiary/aromatic N) is 2. The second-order valence-corrected chi connectivity index (χ2v) is 12.8. The van der Waals surface area contributed by atoms with Crippen LogP contribution in [0.25, 0.3) is 0 Å². The average Bonchev–Trinajstić information content (AvgIpc) is 2.95. The van der Waals surface area contributed by atoms with Gasteiger partial charge in [0.1, 0.15) is 12.4 Å². The lowest BCUT2D eigenvalue weighted by molar-refractivity contribution is 0.0730. The van der Waals surface area contributed by atoms with E-state index in [2.05, 4.69) is 5.32 Å². The van der Waals surface area contributed by atoms with Crippen LogP contribution in [0, 0.1) is 6.92 Å². The van der Waals surface area contributed by atoms with Gasteiger partial charge in [0.25, 0.3) is 15.9 Å². The third-order valence-corrected chi connectivity index (χ3v) is 9.95. The van der Waals surface area contributed by atoms with Crippen LogP contribution in [0.2, 0.25) is 0 Å². The normalized spacial score (nSPS) is 14.5. The molecule has 1 N–H and O–H groups in total. The average molecular weight is 574 g/mol. The van der Waals surface area contributed by atoms with Gasteiger partial charge in [-0.05, 0) is 55.5 Å². The van der Waals surface area contributed by atoms with E-state index in [1.54, 1.807) is 48.5 Å². The van der Waals surface area contributed by atoms with Gasteiger partial charge in [0, 0.05) is 20.1 Å². The Balaban J connectivity index is 1.35. The van der Waals surface area contributed by atoms with E-state index in [0.717, 1.165) is 9.87 Å². The Kier molecular flexibility index (Phi) is 8.90. The summed E-state index contributed by atoms with van der Waals surface area (Å²) in [7, 11) is -6.05. The summed E-state index contributed by atoms with van der Waals surface area (Å²) in [6, 6.07) is 19.1. The molecule has 0 atom stereocenters. The van der Waals surface area contributed by atoms with Crippen LogP contribution in [0.4, 0.5) is 5.69 Å². The standard InChI is InChI=1S/C27H31N3O7S2/c1-21-7-11-23(12-8-21)38(32,33)29(2)26-6-4-3-5-25(26)27(31)28-15-18-37-22-9-13-24(14-10-22)39(34,35)30-16-19-36-20-17-30/h3-14H,15-20H2,1-2H3,(H,28,31). The number of carbonyl (C=O) groups is 1. The first-order valence-electron chi connectivity index (χ1n) is 12.3. The number of nitrogens with one attached hydrogen (secondary N) is 1. The zero-order valence-electron chi connectivity index (χ0n) is 21.7. The molecule has 0 radical (unpaired) electrons. The van der Waals surface area contributed by atoms with Crippen molar-refractivity contribution in [2.75, 3.05) is 50.8 Å². The minimum absolute atomic E-state index is 0.126. The first-order valence-corrected chi connectivity index (χ1v) is 15.2. The van der Waals surface area contributed by atoms with Crippen molar-refractivity contribution in [1.82, 2.24) is 9.62 Å². The van der Waals surface area contributed by atoms with Crippen molar-refractivity contribution in [3.8, 4) is 5.75 Å². The highest BCUT2D eigenvalue weighted by Crippen LogP contribution is 2.26. The minimum Gasteiger partial charge on any atom is -0.492 e. The predicted octanol–water partition coefficient (Wildman–Crippen LogP) is 2.65. The Bertz CT molecular complexity index is 1500. The van der Waals surface area contributed by atoms with E-state index in [0.29, 0.717) is 32.1 Å². The molecule has 1 aliphatic rings. The Labute approximate surface area is 229 Å². The van der Waals surface area contributed by atoms with Gasteiger partial charge in [-0.15, -0.1) is 0 Å². The summed E-state index contributed by atoms with van der Waals surface area (Å²) in [5.74, 6) is 0.00149. The van der Waals surface area contributed by atoms with Crippen molar-refractivity contribution in [3.05, 3.63) is 83.9 Å². The van der Waals surface area contributed by atoms with Gasteiger partial charge in [-0.2, -0.15) is 4.31 Å². The number of anilines is 1. The van der Waals surface area contributed by atoms with Gasteiger partial charge in [-0.3, -0.25) is 9.10 Å². The number of carbonyl (C=O) groups excluding carboxylic acids is 1. The quantitative estimate of drug-likeness (QED) is 0.370. The number of amides is 1. The summed E-state index contributed by atoms with van der Waals surface area (Å²) in [5.41, 5.74) is 1.38. The lowest BCUT2D eigenvalue weighted by Gasteiger charge is -2.26. The fourth-order valence-corrected chi connectivity index (χ4v) is 6.63. The fourth-order valence-electron chi connectivity index (χ4n) is 4.01. The topological polar surface area (TPSA) is 122 Å². The number of para-hydroxylation sites is 1. The first-order chi connectivity index (χ1) is 18.6.